The standard InChI is InChI=1S/C26H30N2O7/c1-30-21-10-6-5-9-20(21)26(29)28(16-19-8-7-11-34-19)15-18-14-22(35-27-18)17-12-23(31-2)25(33-4)24(13-17)32-3/h5-6,9-10,12-14,19H,7-8,11,15-16H2,1-4H3/t19-/m0/s1. The molecule has 1 aromatic heterocycles. The van der Waals surface area contributed by atoms with Crippen molar-refractivity contribution in [1.29, 1.82) is 0 Å². The smallest absolute Gasteiger partial charge is 0.258 e. The summed E-state index contributed by atoms with van der Waals surface area (Å²) in [6.07, 6.45) is 1.87. The van der Waals surface area contributed by atoms with Crippen LogP contribution in [-0.4, -0.2) is 63.7 Å². The highest BCUT2D eigenvalue weighted by atomic mass is 16.5. The van der Waals surface area contributed by atoms with E-state index in [1.165, 1.54) is 0 Å². The van der Waals surface area contributed by atoms with Gasteiger partial charge in [0.25, 0.3) is 5.91 Å². The molecule has 1 atom stereocenters. The number of para-hydroxylation sites is 1. The molecule has 1 amide bonds. The van der Waals surface area contributed by atoms with Crippen LogP contribution in [0, 0.1) is 0 Å². The van der Waals surface area contributed by atoms with Gasteiger partial charge in [-0.15, -0.1) is 0 Å². The third kappa shape index (κ3) is 5.35. The fraction of sp³-hybridized carbons (Fsp3) is 0.385. The van der Waals surface area contributed by atoms with Crippen LogP contribution < -0.4 is 18.9 Å². The first-order valence-electron chi connectivity index (χ1n) is 11.4. The van der Waals surface area contributed by atoms with Gasteiger partial charge in [-0.3, -0.25) is 4.79 Å². The summed E-state index contributed by atoms with van der Waals surface area (Å²) in [5.41, 5.74) is 1.80. The van der Waals surface area contributed by atoms with E-state index in [2.05, 4.69) is 5.16 Å². The zero-order valence-corrected chi connectivity index (χ0v) is 20.4. The molecule has 4 rings (SSSR count). The number of methoxy groups -OCH3 is 4. The van der Waals surface area contributed by atoms with Crippen molar-refractivity contribution in [2.24, 2.45) is 0 Å². The zero-order valence-electron chi connectivity index (χ0n) is 20.4. The third-order valence-electron chi connectivity index (χ3n) is 5.93. The van der Waals surface area contributed by atoms with Gasteiger partial charge in [-0.2, -0.15) is 0 Å². The van der Waals surface area contributed by atoms with Crippen molar-refractivity contribution in [3.8, 4) is 34.3 Å². The molecule has 0 unspecified atom stereocenters. The van der Waals surface area contributed by atoms with Crippen LogP contribution in [0.25, 0.3) is 11.3 Å². The number of aromatic nitrogens is 1. The van der Waals surface area contributed by atoms with Crippen molar-refractivity contribution in [3.63, 3.8) is 0 Å². The fourth-order valence-electron chi connectivity index (χ4n) is 4.19. The van der Waals surface area contributed by atoms with Crippen LogP contribution in [0.1, 0.15) is 28.9 Å². The Hall–Kier alpha value is -3.72. The predicted octanol–water partition coefficient (Wildman–Crippen LogP) is 4.20. The first-order chi connectivity index (χ1) is 17.1. The molecule has 0 saturated carbocycles. The molecule has 1 aliphatic rings. The van der Waals surface area contributed by atoms with Crippen LogP contribution in [0.5, 0.6) is 23.0 Å². The number of ether oxygens (including phenoxy) is 5. The number of carbonyl (C=O) groups is 1. The summed E-state index contributed by atoms with van der Waals surface area (Å²) in [5, 5.41) is 4.23. The first kappa shape index (κ1) is 24.4. The van der Waals surface area contributed by atoms with E-state index in [0.29, 0.717) is 58.7 Å². The Morgan fingerprint density at radius 3 is 2.34 bits per heavy atom. The summed E-state index contributed by atoms with van der Waals surface area (Å²) in [6, 6.07) is 12.6. The van der Waals surface area contributed by atoms with E-state index in [1.54, 1.807) is 63.7 Å². The van der Waals surface area contributed by atoms with Crippen LogP contribution in [0.2, 0.25) is 0 Å². The second-order valence-electron chi connectivity index (χ2n) is 8.12. The molecule has 186 valence electrons. The quantitative estimate of drug-likeness (QED) is 0.425. The number of benzene rings is 2. The van der Waals surface area contributed by atoms with E-state index in [9.17, 15) is 4.79 Å². The third-order valence-corrected chi connectivity index (χ3v) is 5.93. The maximum atomic E-state index is 13.5. The minimum absolute atomic E-state index is 0.0184. The summed E-state index contributed by atoms with van der Waals surface area (Å²) >= 11 is 0. The summed E-state index contributed by atoms with van der Waals surface area (Å²) in [5.74, 6) is 2.38. The van der Waals surface area contributed by atoms with Crippen LogP contribution in [0.15, 0.2) is 47.0 Å². The maximum absolute atomic E-state index is 13.5. The molecule has 9 nitrogen and oxygen atoms in total. The molecule has 35 heavy (non-hydrogen) atoms. The Morgan fingerprint density at radius 1 is 1.00 bits per heavy atom. The Balaban J connectivity index is 1.61. The minimum Gasteiger partial charge on any atom is -0.496 e. The SMILES string of the molecule is COc1ccccc1C(=O)N(Cc1cc(-c2cc(OC)c(OC)c(OC)c2)on1)C[C@@H]1CCCO1. The summed E-state index contributed by atoms with van der Waals surface area (Å²) in [4.78, 5) is 15.2. The van der Waals surface area contributed by atoms with Gasteiger partial charge >= 0.3 is 0 Å². The van der Waals surface area contributed by atoms with Gasteiger partial charge in [0.05, 0.1) is 46.7 Å². The normalized spacial score (nSPS) is 15.0. The van der Waals surface area contributed by atoms with E-state index in [0.717, 1.165) is 12.8 Å². The highest BCUT2D eigenvalue weighted by Crippen LogP contribution is 2.41. The van der Waals surface area contributed by atoms with E-state index >= 15 is 0 Å². The molecule has 3 aromatic rings. The number of hydrogen-bond acceptors (Lipinski definition) is 8. The fourth-order valence-corrected chi connectivity index (χ4v) is 4.19. The number of rotatable bonds is 10. The second-order valence-corrected chi connectivity index (χ2v) is 8.12. The maximum Gasteiger partial charge on any atom is 0.258 e. The average molecular weight is 483 g/mol. The van der Waals surface area contributed by atoms with Crippen molar-refractivity contribution in [3.05, 3.63) is 53.7 Å². The van der Waals surface area contributed by atoms with Gasteiger partial charge in [-0.1, -0.05) is 17.3 Å². The van der Waals surface area contributed by atoms with Gasteiger partial charge in [0.2, 0.25) is 5.75 Å². The molecule has 1 fully saturated rings. The monoisotopic (exact) mass is 482 g/mol. The Morgan fingerprint density at radius 2 is 1.71 bits per heavy atom. The number of nitrogens with zero attached hydrogens (tertiary/aromatic N) is 2. The van der Waals surface area contributed by atoms with Crippen molar-refractivity contribution in [2.75, 3.05) is 41.6 Å². The lowest BCUT2D eigenvalue weighted by Gasteiger charge is -2.25. The lowest BCUT2D eigenvalue weighted by atomic mass is 10.1. The molecular weight excluding hydrogens is 452 g/mol. The summed E-state index contributed by atoms with van der Waals surface area (Å²) < 4.78 is 33.1. The van der Waals surface area contributed by atoms with Gasteiger partial charge in [-0.05, 0) is 37.1 Å². The van der Waals surface area contributed by atoms with Crippen LogP contribution >= 0.6 is 0 Å². The molecule has 0 radical (unpaired) electrons. The molecular formula is C26H30N2O7. The predicted molar refractivity (Wildman–Crippen MR) is 128 cm³/mol. The van der Waals surface area contributed by atoms with Crippen LogP contribution in [0.3, 0.4) is 0 Å². The van der Waals surface area contributed by atoms with E-state index in [4.69, 9.17) is 28.2 Å². The zero-order chi connectivity index (χ0) is 24.8. The van der Waals surface area contributed by atoms with Gasteiger partial charge in [0, 0.05) is 24.8 Å². The van der Waals surface area contributed by atoms with Gasteiger partial charge in [0.15, 0.2) is 17.3 Å². The molecule has 2 heterocycles. The largest absolute Gasteiger partial charge is 0.496 e. The molecule has 1 saturated heterocycles. The lowest BCUT2D eigenvalue weighted by Crippen LogP contribution is -2.37. The Kier molecular flexibility index (Phi) is 7.77. The van der Waals surface area contributed by atoms with Crippen molar-refractivity contribution < 1.29 is 33.0 Å². The summed E-state index contributed by atoms with van der Waals surface area (Å²) in [7, 11) is 6.21. The van der Waals surface area contributed by atoms with Gasteiger partial charge in [0.1, 0.15) is 11.4 Å². The summed E-state index contributed by atoms with van der Waals surface area (Å²) in [6.45, 7) is 1.41. The van der Waals surface area contributed by atoms with Crippen molar-refractivity contribution in [1.82, 2.24) is 10.1 Å². The van der Waals surface area contributed by atoms with E-state index in [-0.39, 0.29) is 18.6 Å². The average Bonchev–Trinajstić information content (AvgIpc) is 3.59. The second kappa shape index (κ2) is 11.1. The Labute approximate surface area is 204 Å². The minimum atomic E-state index is -0.157. The van der Waals surface area contributed by atoms with Crippen molar-refractivity contribution in [2.45, 2.75) is 25.5 Å². The molecule has 0 aliphatic carbocycles. The molecule has 1 aliphatic heterocycles. The molecule has 0 spiro atoms. The number of amides is 1. The Bertz CT molecular complexity index is 1130. The van der Waals surface area contributed by atoms with E-state index < -0.39 is 0 Å². The van der Waals surface area contributed by atoms with Gasteiger partial charge < -0.3 is 33.1 Å². The van der Waals surface area contributed by atoms with Crippen LogP contribution in [-0.2, 0) is 11.3 Å². The molecule has 2 aromatic carbocycles. The van der Waals surface area contributed by atoms with Gasteiger partial charge in [-0.25, -0.2) is 0 Å². The number of carbonyl (C=O) groups excluding carboxylic acids is 1. The lowest BCUT2D eigenvalue weighted by molar-refractivity contribution is 0.0500. The highest BCUT2D eigenvalue weighted by molar-refractivity contribution is 5.97. The molecule has 0 bridgehead atoms. The highest BCUT2D eigenvalue weighted by Gasteiger charge is 2.26. The van der Waals surface area contributed by atoms with Crippen LogP contribution in [0.4, 0.5) is 0 Å². The van der Waals surface area contributed by atoms with E-state index in [1.807, 2.05) is 12.1 Å². The molecule has 0 N–H and O–H groups in total. The van der Waals surface area contributed by atoms with Crippen molar-refractivity contribution >= 4 is 5.91 Å². The number of hydrogen-bond donors (Lipinski definition) is 0. The first-order valence-corrected chi connectivity index (χ1v) is 11.4. The topological polar surface area (TPSA) is 92.5 Å². The molecule has 9 heteroatoms.